The Bertz CT molecular complexity index is 1700. The molecular weight excluding hydrogens is 661 g/mol. The van der Waals surface area contributed by atoms with E-state index in [0.29, 0.717) is 46.5 Å². The lowest BCUT2D eigenvalue weighted by Gasteiger charge is -2.02. The molecule has 45 heavy (non-hydrogen) atoms. The Balaban J connectivity index is 1.23. The van der Waals surface area contributed by atoms with E-state index < -0.39 is 54.3 Å². The van der Waals surface area contributed by atoms with Crippen LogP contribution in [0, 0.1) is 40.5 Å². The van der Waals surface area contributed by atoms with Crippen LogP contribution in [0.25, 0.3) is 0 Å². The molecule has 2 N–H and O–H groups in total. The summed E-state index contributed by atoms with van der Waals surface area (Å²) in [7, 11) is 0. The molecule has 0 atom stereocenters. The van der Waals surface area contributed by atoms with E-state index >= 15 is 0 Å². The molecule has 20 nitrogen and oxygen atoms in total. The number of carbonyl (C=O) groups is 2. The van der Waals surface area contributed by atoms with Crippen LogP contribution in [0.5, 0.6) is 0 Å². The van der Waals surface area contributed by atoms with Crippen molar-refractivity contribution in [2.75, 3.05) is 22.1 Å². The number of rotatable bonds is 14. The minimum Gasteiger partial charge on any atom is -0.296 e. The van der Waals surface area contributed by atoms with E-state index in [0.717, 1.165) is 46.9 Å². The van der Waals surface area contributed by atoms with E-state index in [9.17, 15) is 50.0 Å². The molecule has 4 rings (SSSR count). The number of thioether (sulfide) groups is 1. The van der Waals surface area contributed by atoms with Crippen molar-refractivity contribution in [3.8, 4) is 0 Å². The van der Waals surface area contributed by atoms with Gasteiger partial charge in [-0.1, -0.05) is 22.7 Å². The van der Waals surface area contributed by atoms with E-state index in [2.05, 4.69) is 31.0 Å². The first-order valence-corrected chi connectivity index (χ1v) is 14.9. The monoisotopic (exact) mass is 676 g/mol. The summed E-state index contributed by atoms with van der Waals surface area (Å²) < 4.78 is 0. The molecule has 0 saturated heterocycles. The van der Waals surface area contributed by atoms with Crippen LogP contribution in [0.4, 0.5) is 33.0 Å². The van der Waals surface area contributed by atoms with Gasteiger partial charge in [0.25, 0.3) is 34.6 Å². The normalized spacial score (nSPS) is 10.7. The highest BCUT2D eigenvalue weighted by Crippen LogP contribution is 2.28. The highest BCUT2D eigenvalue weighted by Gasteiger charge is 2.26. The highest BCUT2D eigenvalue weighted by atomic mass is 32.2. The van der Waals surface area contributed by atoms with Gasteiger partial charge in [0, 0.05) is 25.0 Å². The average molecular weight is 677 g/mol. The third-order valence-electron chi connectivity index (χ3n) is 5.56. The third kappa shape index (κ3) is 8.30. The third-order valence-corrected chi connectivity index (χ3v) is 8.34. The van der Waals surface area contributed by atoms with Crippen LogP contribution in [0.1, 0.15) is 30.7 Å². The zero-order valence-corrected chi connectivity index (χ0v) is 24.6. The molecule has 232 valence electrons. The minimum absolute atomic E-state index is 0.0927. The van der Waals surface area contributed by atoms with Gasteiger partial charge in [0.15, 0.2) is 0 Å². The highest BCUT2D eigenvalue weighted by molar-refractivity contribution is 7.99. The second kappa shape index (κ2) is 14.3. The Hall–Kier alpha value is -5.55. The maximum absolute atomic E-state index is 12.5. The van der Waals surface area contributed by atoms with Crippen molar-refractivity contribution in [2.45, 2.75) is 12.8 Å². The van der Waals surface area contributed by atoms with Gasteiger partial charge in [0.05, 0.1) is 31.8 Å². The number of nitro benzene ring substituents is 4. The topological polar surface area (TPSA) is 282 Å². The molecule has 0 aliphatic heterocycles. The Morgan fingerprint density at radius 3 is 1.40 bits per heavy atom. The second-order valence-electron chi connectivity index (χ2n) is 8.45. The second-order valence-corrected chi connectivity index (χ2v) is 11.8. The summed E-state index contributed by atoms with van der Waals surface area (Å²) in [5, 5.41) is 66.2. The van der Waals surface area contributed by atoms with Crippen LogP contribution < -0.4 is 10.6 Å². The molecule has 0 unspecified atom stereocenters. The quantitative estimate of drug-likeness (QED) is 0.108. The summed E-state index contributed by atoms with van der Waals surface area (Å²) in [6.45, 7) is 0. The molecule has 2 aromatic carbocycles. The van der Waals surface area contributed by atoms with E-state index in [4.69, 9.17) is 0 Å². The maximum atomic E-state index is 12.5. The van der Waals surface area contributed by atoms with Gasteiger partial charge >= 0.3 is 0 Å². The number of nitro groups is 4. The SMILES string of the molecule is O=C(Nc1nnc(CCSCCc2nnc(NC(=O)c3ccc([N+](=O)[O-])cc3[N+](=O)[O-])s2)s1)c1ccc([N+](=O)[O-])cc1[N+](=O)[O-]. The predicted molar refractivity (Wildman–Crippen MR) is 160 cm³/mol. The molecule has 2 amide bonds. The average Bonchev–Trinajstić information content (AvgIpc) is 3.65. The first-order chi connectivity index (χ1) is 21.4. The van der Waals surface area contributed by atoms with Crippen LogP contribution in [-0.4, -0.2) is 63.4 Å². The number of amides is 2. The minimum atomic E-state index is -0.890. The molecule has 23 heteroatoms. The molecule has 4 aromatic rings. The smallest absolute Gasteiger partial charge is 0.289 e. The fourth-order valence-electron chi connectivity index (χ4n) is 3.51. The fraction of sp³-hybridized carbons (Fsp3) is 0.182. The Labute approximate surface area is 261 Å². The molecular formula is C22H16N10O10S3. The van der Waals surface area contributed by atoms with Gasteiger partial charge in [-0.25, -0.2) is 0 Å². The number of aryl methyl sites for hydroxylation is 2. The number of hydrogen-bond acceptors (Lipinski definition) is 17. The predicted octanol–water partition coefficient (Wildman–Crippen LogP) is 4.05. The largest absolute Gasteiger partial charge is 0.296 e. The van der Waals surface area contributed by atoms with Crippen molar-refractivity contribution < 1.29 is 29.3 Å². The van der Waals surface area contributed by atoms with Crippen LogP contribution in [0.3, 0.4) is 0 Å². The number of aromatic nitrogens is 4. The van der Waals surface area contributed by atoms with Crippen molar-refractivity contribution in [3.63, 3.8) is 0 Å². The van der Waals surface area contributed by atoms with Gasteiger partial charge in [-0.2, -0.15) is 11.8 Å². The van der Waals surface area contributed by atoms with Crippen LogP contribution >= 0.6 is 34.4 Å². The molecule has 2 heterocycles. The Kier molecular flexibility index (Phi) is 10.3. The number of nitrogens with one attached hydrogen (secondary N) is 2. The van der Waals surface area contributed by atoms with Crippen LogP contribution in [0.15, 0.2) is 36.4 Å². The van der Waals surface area contributed by atoms with E-state index in [-0.39, 0.29) is 21.4 Å². The number of carbonyl (C=O) groups excluding carboxylic acids is 2. The van der Waals surface area contributed by atoms with Crippen LogP contribution in [-0.2, 0) is 12.8 Å². The summed E-state index contributed by atoms with van der Waals surface area (Å²) in [6.07, 6.45) is 0.975. The standard InChI is InChI=1S/C22H16N10O10S3/c33-19(13-3-1-11(29(35)36)9-15(13)31(39)40)23-21-27-25-17(44-21)5-7-43-8-6-18-26-28-22(45-18)24-20(34)14-4-2-12(30(37)38)10-16(14)32(41)42/h1-4,9-10H,5-8H2,(H,23,27,33)(H,24,28,34). The maximum Gasteiger partial charge on any atom is 0.289 e. The lowest BCUT2D eigenvalue weighted by molar-refractivity contribution is -0.394. The van der Waals surface area contributed by atoms with Crippen molar-refractivity contribution in [2.24, 2.45) is 0 Å². The van der Waals surface area contributed by atoms with Gasteiger partial charge < -0.3 is 0 Å². The van der Waals surface area contributed by atoms with Gasteiger partial charge in [-0.15, -0.1) is 20.4 Å². The van der Waals surface area contributed by atoms with Crippen molar-refractivity contribution in [1.82, 2.24) is 20.4 Å². The van der Waals surface area contributed by atoms with Crippen molar-refractivity contribution in [3.05, 3.63) is 98.0 Å². The Morgan fingerprint density at radius 2 is 1.04 bits per heavy atom. The molecule has 0 fully saturated rings. The van der Waals surface area contributed by atoms with Gasteiger partial charge in [-0.05, 0) is 23.6 Å². The summed E-state index contributed by atoms with van der Waals surface area (Å²) in [5.74, 6) is -0.509. The summed E-state index contributed by atoms with van der Waals surface area (Å²) in [5.41, 5.74) is -3.24. The van der Waals surface area contributed by atoms with Crippen LogP contribution in [0.2, 0.25) is 0 Å². The van der Waals surface area contributed by atoms with E-state index in [1.165, 1.54) is 0 Å². The summed E-state index contributed by atoms with van der Waals surface area (Å²) in [4.78, 5) is 66.1. The number of anilines is 2. The number of hydrogen-bond donors (Lipinski definition) is 2. The molecule has 2 aromatic heterocycles. The number of non-ortho nitro benzene ring substituents is 2. The van der Waals surface area contributed by atoms with E-state index in [1.54, 1.807) is 11.8 Å². The van der Waals surface area contributed by atoms with Gasteiger partial charge in [0.1, 0.15) is 21.1 Å². The molecule has 0 aliphatic rings. The first kappa shape index (κ1) is 32.4. The van der Waals surface area contributed by atoms with Crippen molar-refractivity contribution >= 4 is 79.3 Å². The number of benzene rings is 2. The molecule has 0 bridgehead atoms. The zero-order valence-electron chi connectivity index (χ0n) is 22.2. The van der Waals surface area contributed by atoms with Crippen molar-refractivity contribution in [1.29, 1.82) is 0 Å². The molecule has 0 radical (unpaired) electrons. The molecule has 0 spiro atoms. The first-order valence-electron chi connectivity index (χ1n) is 12.1. The van der Waals surface area contributed by atoms with Gasteiger partial charge in [-0.3, -0.25) is 60.7 Å². The number of nitrogens with zero attached hydrogens (tertiary/aromatic N) is 8. The summed E-state index contributed by atoms with van der Waals surface area (Å²) >= 11 is 3.67. The lowest BCUT2D eigenvalue weighted by Crippen LogP contribution is -2.14. The lowest BCUT2D eigenvalue weighted by atomic mass is 10.1. The summed E-state index contributed by atoms with van der Waals surface area (Å²) in [6, 6.07) is 5.35. The van der Waals surface area contributed by atoms with E-state index in [1.807, 2.05) is 0 Å². The molecule has 0 saturated carbocycles. The van der Waals surface area contributed by atoms with Gasteiger partial charge in [0.2, 0.25) is 10.3 Å². The zero-order chi connectivity index (χ0) is 32.7. The Morgan fingerprint density at radius 1 is 0.644 bits per heavy atom. The molecule has 0 aliphatic carbocycles. The fourth-order valence-corrected chi connectivity index (χ4v) is 6.12.